The van der Waals surface area contributed by atoms with E-state index in [2.05, 4.69) is 20.9 Å². The van der Waals surface area contributed by atoms with E-state index in [-0.39, 0.29) is 25.7 Å². The molecule has 4 amide bonds. The number of nitrogens with one attached hydrogen (secondary N) is 4. The number of carbonyl (C=O) groups is 6. The molecule has 224 valence electrons. The van der Waals surface area contributed by atoms with Gasteiger partial charge in [0, 0.05) is 29.9 Å². The zero-order valence-electron chi connectivity index (χ0n) is 22.4. The van der Waals surface area contributed by atoms with Crippen molar-refractivity contribution in [3.8, 4) is 0 Å². The molecule has 0 saturated heterocycles. The molecule has 1 aromatic carbocycles. The van der Waals surface area contributed by atoms with Crippen molar-refractivity contribution >= 4 is 46.5 Å². The summed E-state index contributed by atoms with van der Waals surface area (Å²) >= 11 is 0. The number of primary amides is 1. The Morgan fingerprint density at radius 1 is 0.854 bits per heavy atom. The lowest BCUT2D eigenvalue weighted by atomic mass is 10.0. The number of unbranched alkanes of at least 4 members (excludes halogenated alkanes) is 1. The molecule has 0 aliphatic rings. The minimum atomic E-state index is -1.45. The van der Waals surface area contributed by atoms with Gasteiger partial charge in [-0.15, -0.1) is 0 Å². The van der Waals surface area contributed by atoms with E-state index >= 15 is 0 Å². The molecule has 4 atom stereocenters. The van der Waals surface area contributed by atoms with E-state index in [0.717, 1.165) is 10.9 Å². The van der Waals surface area contributed by atoms with E-state index in [1.165, 1.54) is 0 Å². The first kappa shape index (κ1) is 32.7. The predicted octanol–water partition coefficient (Wildman–Crippen LogP) is -1.55. The smallest absolute Gasteiger partial charge is 0.326 e. The number of hydrogen-bond acceptors (Lipinski definition) is 8. The Morgan fingerprint density at radius 3 is 2.12 bits per heavy atom. The fourth-order valence-electron chi connectivity index (χ4n) is 4.14. The second kappa shape index (κ2) is 15.9. The third-order valence-electron chi connectivity index (χ3n) is 6.34. The average Bonchev–Trinajstić information content (AvgIpc) is 3.31. The van der Waals surface area contributed by atoms with Gasteiger partial charge in [-0.2, -0.15) is 0 Å². The second-order valence-corrected chi connectivity index (χ2v) is 9.58. The first-order valence-corrected chi connectivity index (χ1v) is 13.1. The van der Waals surface area contributed by atoms with Crippen LogP contribution < -0.4 is 33.2 Å². The summed E-state index contributed by atoms with van der Waals surface area (Å²) in [5, 5.41) is 26.6. The molecule has 0 aliphatic carbocycles. The van der Waals surface area contributed by atoms with Gasteiger partial charge in [-0.1, -0.05) is 18.2 Å². The topological polar surface area (TPSA) is 273 Å². The minimum absolute atomic E-state index is 0.0499. The number of aromatic amines is 1. The van der Waals surface area contributed by atoms with Gasteiger partial charge in [-0.05, 0) is 43.9 Å². The standard InChI is InChI=1S/C26H37N7O8/c27-10-4-3-7-18(31-23(37)16(28)12-22(35)36)24(38)33-20(11-14-13-30-17-6-2-1-5-15(14)17)25(39)32-19(26(40)41)8-9-21(29)34/h1-2,5-6,13,16,18-20,30H,3-4,7-12,27-28H2,(H2,29,34)(H,31,37)(H,32,39)(H,33,38)(H,35,36)(H,40,41). The number of benzene rings is 1. The molecule has 0 bridgehead atoms. The number of carboxylic acids is 2. The van der Waals surface area contributed by atoms with Gasteiger partial charge in [-0.25, -0.2) is 4.79 Å². The van der Waals surface area contributed by atoms with Crippen molar-refractivity contribution in [3.05, 3.63) is 36.0 Å². The Balaban J connectivity index is 2.32. The van der Waals surface area contributed by atoms with Crippen LogP contribution in [0.2, 0.25) is 0 Å². The van der Waals surface area contributed by atoms with Crippen LogP contribution >= 0.6 is 0 Å². The molecule has 0 saturated carbocycles. The van der Waals surface area contributed by atoms with Crippen LogP contribution in [0.3, 0.4) is 0 Å². The molecule has 0 fully saturated rings. The Labute approximate surface area is 235 Å². The highest BCUT2D eigenvalue weighted by Crippen LogP contribution is 2.19. The first-order chi connectivity index (χ1) is 19.4. The molecule has 2 aromatic rings. The Morgan fingerprint density at radius 2 is 1.49 bits per heavy atom. The van der Waals surface area contributed by atoms with Crippen LogP contribution in [0, 0.1) is 0 Å². The van der Waals surface area contributed by atoms with Crippen molar-refractivity contribution < 1.29 is 39.0 Å². The van der Waals surface area contributed by atoms with Gasteiger partial charge in [0.1, 0.15) is 18.1 Å². The van der Waals surface area contributed by atoms with Crippen molar-refractivity contribution in [1.29, 1.82) is 0 Å². The zero-order chi connectivity index (χ0) is 30.5. The van der Waals surface area contributed by atoms with Gasteiger partial charge >= 0.3 is 11.9 Å². The van der Waals surface area contributed by atoms with E-state index in [1.54, 1.807) is 12.3 Å². The maximum Gasteiger partial charge on any atom is 0.326 e. The lowest BCUT2D eigenvalue weighted by Crippen LogP contribution is -2.57. The van der Waals surface area contributed by atoms with Gasteiger partial charge in [0.2, 0.25) is 23.6 Å². The van der Waals surface area contributed by atoms with Gasteiger partial charge in [-0.3, -0.25) is 24.0 Å². The van der Waals surface area contributed by atoms with Gasteiger partial charge < -0.3 is 48.3 Å². The lowest BCUT2D eigenvalue weighted by molar-refractivity contribution is -0.142. The van der Waals surface area contributed by atoms with Gasteiger partial charge in [0.15, 0.2) is 0 Å². The SMILES string of the molecule is NCCCCC(NC(=O)C(N)CC(=O)O)C(=O)NC(Cc1c[nH]c2ccccc12)C(=O)NC(CCC(N)=O)C(=O)O. The summed E-state index contributed by atoms with van der Waals surface area (Å²) in [6.45, 7) is 0.328. The van der Waals surface area contributed by atoms with Gasteiger partial charge in [0.05, 0.1) is 12.5 Å². The molecule has 15 heteroatoms. The number of para-hydroxylation sites is 1. The fraction of sp³-hybridized carbons (Fsp3) is 0.462. The largest absolute Gasteiger partial charge is 0.481 e. The van der Waals surface area contributed by atoms with E-state index in [0.29, 0.717) is 24.9 Å². The highest BCUT2D eigenvalue weighted by molar-refractivity contribution is 5.95. The molecular formula is C26H37N7O8. The number of H-pyrrole nitrogens is 1. The van der Waals surface area contributed by atoms with E-state index in [4.69, 9.17) is 22.3 Å². The summed E-state index contributed by atoms with van der Waals surface area (Å²) in [6, 6.07) is 1.90. The summed E-state index contributed by atoms with van der Waals surface area (Å²) in [6.07, 6.45) is 1.47. The number of fused-ring (bicyclic) bond motifs is 1. The summed E-state index contributed by atoms with van der Waals surface area (Å²) in [5.41, 5.74) is 17.7. The molecular weight excluding hydrogens is 538 g/mol. The molecule has 2 rings (SSSR count). The quantitative estimate of drug-likeness (QED) is 0.0922. The number of amides is 4. The van der Waals surface area contributed by atoms with Crippen LogP contribution in [0.1, 0.15) is 44.1 Å². The maximum absolute atomic E-state index is 13.4. The number of nitrogens with two attached hydrogens (primary N) is 3. The van der Waals surface area contributed by atoms with E-state index in [9.17, 15) is 33.9 Å². The van der Waals surface area contributed by atoms with Crippen molar-refractivity contribution in [1.82, 2.24) is 20.9 Å². The number of aliphatic carboxylic acids is 2. The molecule has 0 spiro atoms. The van der Waals surface area contributed by atoms with Crippen LogP contribution in [-0.4, -0.2) is 81.5 Å². The van der Waals surface area contributed by atoms with E-state index in [1.807, 2.05) is 18.2 Å². The van der Waals surface area contributed by atoms with Crippen molar-refractivity contribution in [2.45, 2.75) is 69.1 Å². The van der Waals surface area contributed by atoms with Crippen LogP contribution in [-0.2, 0) is 35.2 Å². The number of carbonyl (C=O) groups excluding carboxylic acids is 4. The zero-order valence-corrected chi connectivity index (χ0v) is 22.4. The lowest BCUT2D eigenvalue weighted by Gasteiger charge is -2.25. The number of rotatable bonds is 18. The average molecular weight is 576 g/mol. The summed E-state index contributed by atoms with van der Waals surface area (Å²) < 4.78 is 0. The molecule has 4 unspecified atom stereocenters. The first-order valence-electron chi connectivity index (χ1n) is 13.1. The number of aromatic nitrogens is 1. The molecule has 1 aromatic heterocycles. The maximum atomic E-state index is 13.4. The molecule has 1 heterocycles. The van der Waals surface area contributed by atoms with Crippen LogP contribution in [0.15, 0.2) is 30.5 Å². The molecule has 41 heavy (non-hydrogen) atoms. The number of hydrogen-bond donors (Lipinski definition) is 9. The summed E-state index contributed by atoms with van der Waals surface area (Å²) in [7, 11) is 0. The van der Waals surface area contributed by atoms with Crippen LogP contribution in [0.25, 0.3) is 10.9 Å². The highest BCUT2D eigenvalue weighted by Gasteiger charge is 2.31. The van der Waals surface area contributed by atoms with Crippen LogP contribution in [0.5, 0.6) is 0 Å². The third-order valence-corrected chi connectivity index (χ3v) is 6.34. The summed E-state index contributed by atoms with van der Waals surface area (Å²) in [5.74, 6) is -5.90. The third kappa shape index (κ3) is 10.5. The van der Waals surface area contributed by atoms with Crippen LogP contribution in [0.4, 0.5) is 0 Å². The predicted molar refractivity (Wildman–Crippen MR) is 147 cm³/mol. The highest BCUT2D eigenvalue weighted by atomic mass is 16.4. The van der Waals surface area contributed by atoms with E-state index < -0.39 is 66.2 Å². The number of carboxylic acid groups (broad SMARTS) is 2. The second-order valence-electron chi connectivity index (χ2n) is 9.58. The van der Waals surface area contributed by atoms with Crippen molar-refractivity contribution in [2.75, 3.05) is 6.54 Å². The Bertz CT molecular complexity index is 1250. The monoisotopic (exact) mass is 575 g/mol. The summed E-state index contributed by atoms with van der Waals surface area (Å²) in [4.78, 5) is 76.2. The molecule has 0 radical (unpaired) electrons. The molecule has 0 aliphatic heterocycles. The normalized spacial score (nSPS) is 13.9. The van der Waals surface area contributed by atoms with Crippen molar-refractivity contribution in [2.24, 2.45) is 17.2 Å². The molecule has 15 nitrogen and oxygen atoms in total. The minimum Gasteiger partial charge on any atom is -0.481 e. The fourth-order valence-corrected chi connectivity index (χ4v) is 4.14. The Hall–Kier alpha value is -4.50. The van der Waals surface area contributed by atoms with Crippen molar-refractivity contribution in [3.63, 3.8) is 0 Å². The van der Waals surface area contributed by atoms with Gasteiger partial charge in [0.25, 0.3) is 0 Å². The molecule has 12 N–H and O–H groups in total. The Kier molecular flexibility index (Phi) is 12.7.